The maximum atomic E-state index is 9.98. The van der Waals surface area contributed by atoms with Crippen LogP contribution in [0.4, 0.5) is 0 Å². The molecule has 0 aliphatic heterocycles. The molecule has 0 N–H and O–H groups in total. The van der Waals surface area contributed by atoms with Gasteiger partial charge in [-0.25, -0.2) is 0 Å². The van der Waals surface area contributed by atoms with Crippen molar-refractivity contribution in [1.29, 1.82) is 0 Å². The average Bonchev–Trinajstić information content (AvgIpc) is 2.72. The van der Waals surface area contributed by atoms with Crippen molar-refractivity contribution in [3.63, 3.8) is 0 Å². The summed E-state index contributed by atoms with van der Waals surface area (Å²) in [6.07, 6.45) is 19.3. The van der Waals surface area contributed by atoms with E-state index in [-0.39, 0.29) is 29.6 Å². The molecule has 0 saturated heterocycles. The molecule has 0 saturated carbocycles. The minimum absolute atomic E-state index is 0. The topological polar surface area (TPSA) is 52.6 Å². The second kappa shape index (κ2) is 27.0. The van der Waals surface area contributed by atoms with Crippen LogP contribution in [0.1, 0.15) is 104 Å². The van der Waals surface area contributed by atoms with E-state index >= 15 is 0 Å². The van der Waals surface area contributed by atoms with E-state index in [4.69, 9.17) is 4.74 Å². The average molecular weight is 453 g/mol. The van der Waals surface area contributed by atoms with Crippen molar-refractivity contribution < 1.29 is 17.3 Å². The quantitative estimate of drug-likeness (QED) is 0.158. The van der Waals surface area contributed by atoms with Crippen molar-refractivity contribution >= 4 is 40.5 Å². The zero-order valence-electron chi connectivity index (χ0n) is 18.8. The number of ether oxygens (including phenoxy) is 1. The second-order valence-corrected chi connectivity index (χ2v) is 8.11. The summed E-state index contributed by atoms with van der Waals surface area (Å²) in [5.41, 5.74) is 0. The first kappa shape index (κ1) is 32.1. The van der Waals surface area contributed by atoms with Crippen LogP contribution in [0.25, 0.3) is 0 Å². The molecule has 0 heterocycles. The standard InChI is InChI=1S/C18H38O.C6H6O3S.Na.H/c1-3-5-7-9-11-13-15-17-19-18-16-14-12-10-8-6-4-2;7-10(8)9-6-4-2-1-3-5-6;;/h3-18H2,1-2H3;1-5,10H;;. The number of unbranched alkanes of at least 4 members (excludes halogenated alkanes) is 12. The molecule has 6 heteroatoms. The number of rotatable bonds is 18. The molecule has 0 unspecified atom stereocenters. The molecule has 0 spiro atoms. The molecule has 4 nitrogen and oxygen atoms in total. The van der Waals surface area contributed by atoms with Crippen LogP contribution in [-0.4, -0.2) is 51.2 Å². The van der Waals surface area contributed by atoms with Gasteiger partial charge in [0.25, 0.3) is 11.0 Å². The van der Waals surface area contributed by atoms with Gasteiger partial charge >= 0.3 is 29.6 Å². The SMILES string of the molecule is CCCCCCCCCOCCCCCCCCC.O=[SH](=O)Oc1ccccc1.[NaH]. The van der Waals surface area contributed by atoms with E-state index in [2.05, 4.69) is 18.0 Å². The maximum absolute atomic E-state index is 9.98. The third-order valence-corrected chi connectivity index (χ3v) is 5.07. The molecule has 1 aromatic rings. The van der Waals surface area contributed by atoms with E-state index in [0.29, 0.717) is 5.75 Å². The Labute approximate surface area is 210 Å². The van der Waals surface area contributed by atoms with Crippen LogP contribution < -0.4 is 4.18 Å². The Bertz CT molecular complexity index is 485. The first-order valence-corrected chi connectivity index (χ1v) is 12.7. The first-order chi connectivity index (χ1) is 14.2. The summed E-state index contributed by atoms with van der Waals surface area (Å²) in [6.45, 7) is 6.53. The van der Waals surface area contributed by atoms with Gasteiger partial charge in [-0.2, -0.15) is 8.42 Å². The van der Waals surface area contributed by atoms with Gasteiger partial charge in [0.2, 0.25) is 0 Å². The number of thiol groups is 1. The van der Waals surface area contributed by atoms with Crippen molar-refractivity contribution in [3.05, 3.63) is 30.3 Å². The summed E-state index contributed by atoms with van der Waals surface area (Å²) in [4.78, 5) is 0. The van der Waals surface area contributed by atoms with Gasteiger partial charge in [-0.15, -0.1) is 0 Å². The van der Waals surface area contributed by atoms with E-state index in [1.807, 2.05) is 0 Å². The van der Waals surface area contributed by atoms with Gasteiger partial charge in [-0.1, -0.05) is 109 Å². The fraction of sp³-hybridized carbons (Fsp3) is 0.750. The molecular weight excluding hydrogens is 407 g/mol. The Balaban J connectivity index is 0. The summed E-state index contributed by atoms with van der Waals surface area (Å²) in [6, 6.07) is 8.34. The van der Waals surface area contributed by atoms with E-state index in [0.717, 1.165) is 13.2 Å². The number of hydrogen-bond donors (Lipinski definition) is 1. The number of hydrogen-bond acceptors (Lipinski definition) is 4. The zero-order valence-corrected chi connectivity index (χ0v) is 19.7. The first-order valence-electron chi connectivity index (χ1n) is 11.7. The van der Waals surface area contributed by atoms with Crippen LogP contribution in [0.5, 0.6) is 5.75 Å². The Hall–Kier alpha value is -0.0700. The fourth-order valence-electron chi connectivity index (χ4n) is 2.99. The molecule has 0 radical (unpaired) electrons. The van der Waals surface area contributed by atoms with Crippen molar-refractivity contribution in [2.75, 3.05) is 13.2 Å². The van der Waals surface area contributed by atoms with Gasteiger partial charge in [0, 0.05) is 13.2 Å². The van der Waals surface area contributed by atoms with Crippen molar-refractivity contribution in [3.8, 4) is 5.75 Å². The normalized spacial score (nSPS) is 10.2. The van der Waals surface area contributed by atoms with Crippen LogP contribution in [0.15, 0.2) is 30.3 Å². The van der Waals surface area contributed by atoms with Crippen molar-refractivity contribution in [1.82, 2.24) is 0 Å². The molecule has 0 aromatic heterocycles. The molecule has 0 bridgehead atoms. The Morgan fingerprint density at radius 2 is 1.03 bits per heavy atom. The van der Waals surface area contributed by atoms with Crippen LogP contribution in [0, 0.1) is 0 Å². The van der Waals surface area contributed by atoms with Gasteiger partial charge in [-0.3, -0.25) is 0 Å². The predicted molar refractivity (Wildman–Crippen MR) is 131 cm³/mol. The molecule has 0 atom stereocenters. The Morgan fingerprint density at radius 1 is 0.633 bits per heavy atom. The number of para-hydroxylation sites is 1. The monoisotopic (exact) mass is 452 g/mol. The molecule has 172 valence electrons. The molecule has 0 fully saturated rings. The minimum atomic E-state index is -2.78. The fourth-order valence-corrected chi connectivity index (χ4v) is 3.29. The van der Waals surface area contributed by atoms with Crippen LogP contribution in [0.2, 0.25) is 0 Å². The van der Waals surface area contributed by atoms with Gasteiger partial charge in [-0.05, 0) is 25.0 Å². The van der Waals surface area contributed by atoms with Gasteiger partial charge < -0.3 is 8.92 Å². The molecule has 1 rings (SSSR count). The van der Waals surface area contributed by atoms with Crippen LogP contribution in [-0.2, 0) is 15.7 Å². The summed E-state index contributed by atoms with van der Waals surface area (Å²) < 4.78 is 30.0. The van der Waals surface area contributed by atoms with Gasteiger partial charge in [0.15, 0.2) is 0 Å². The molecular formula is C24H45NaO4S. The van der Waals surface area contributed by atoms with Crippen molar-refractivity contribution in [2.45, 2.75) is 104 Å². The predicted octanol–water partition coefficient (Wildman–Crippen LogP) is 6.45. The molecule has 30 heavy (non-hydrogen) atoms. The summed E-state index contributed by atoms with van der Waals surface area (Å²) in [7, 11) is -2.78. The van der Waals surface area contributed by atoms with E-state index in [9.17, 15) is 8.42 Å². The summed E-state index contributed by atoms with van der Waals surface area (Å²) >= 11 is 0. The molecule has 0 aliphatic carbocycles. The van der Waals surface area contributed by atoms with E-state index in [1.54, 1.807) is 30.3 Å². The third kappa shape index (κ3) is 26.0. The summed E-state index contributed by atoms with van der Waals surface area (Å²) in [5, 5.41) is 0. The Morgan fingerprint density at radius 3 is 1.43 bits per heavy atom. The van der Waals surface area contributed by atoms with Crippen LogP contribution in [0.3, 0.4) is 0 Å². The number of benzene rings is 1. The second-order valence-electron chi connectivity index (χ2n) is 7.48. The van der Waals surface area contributed by atoms with Crippen molar-refractivity contribution in [2.24, 2.45) is 0 Å². The molecule has 1 aromatic carbocycles. The Kier molecular flexibility index (Phi) is 28.9. The van der Waals surface area contributed by atoms with E-state index in [1.165, 1.54) is 89.9 Å². The molecule has 0 amide bonds. The molecule has 0 aliphatic rings. The summed E-state index contributed by atoms with van der Waals surface area (Å²) in [5.74, 6) is 0.346. The van der Waals surface area contributed by atoms with E-state index < -0.39 is 11.0 Å². The van der Waals surface area contributed by atoms with Gasteiger partial charge in [0.1, 0.15) is 5.75 Å². The zero-order chi connectivity index (χ0) is 21.4. The van der Waals surface area contributed by atoms with Crippen LogP contribution >= 0.6 is 0 Å². The third-order valence-electron chi connectivity index (χ3n) is 4.71. The van der Waals surface area contributed by atoms with Gasteiger partial charge in [0.05, 0.1) is 0 Å².